The second kappa shape index (κ2) is 8.23. The molecule has 0 aliphatic rings. The molecule has 0 saturated carbocycles. The number of aliphatic hydroxyl groups is 1. The zero-order valence-corrected chi connectivity index (χ0v) is 15.0. The van der Waals surface area contributed by atoms with Gasteiger partial charge >= 0.3 is 0 Å². The molecule has 0 aliphatic carbocycles. The Morgan fingerprint density at radius 2 is 1.79 bits per heavy atom. The Bertz CT molecular complexity index is 266. The summed E-state index contributed by atoms with van der Waals surface area (Å²) in [5.74, 6) is 0.567. The molecule has 2 nitrogen and oxygen atoms in total. The Morgan fingerprint density at radius 1 is 1.21 bits per heavy atom. The molecule has 0 aromatic rings. The summed E-state index contributed by atoms with van der Waals surface area (Å²) in [7, 11) is -1.80. The lowest BCUT2D eigenvalue weighted by atomic mass is 10.0. The van der Waals surface area contributed by atoms with E-state index in [1.54, 1.807) is 0 Å². The molecule has 0 aliphatic heterocycles. The highest BCUT2D eigenvalue weighted by Gasteiger charge is 2.38. The van der Waals surface area contributed by atoms with E-state index < -0.39 is 8.32 Å². The van der Waals surface area contributed by atoms with Crippen LogP contribution in [0, 0.1) is 5.92 Å². The first kappa shape index (κ1) is 18.9. The van der Waals surface area contributed by atoms with Crippen molar-refractivity contribution in [3.8, 4) is 0 Å². The van der Waals surface area contributed by atoms with Crippen LogP contribution in [-0.4, -0.2) is 26.1 Å². The monoisotopic (exact) mass is 286 g/mol. The molecule has 0 fully saturated rings. The summed E-state index contributed by atoms with van der Waals surface area (Å²) >= 11 is 0. The Hall–Kier alpha value is -0.123. The number of rotatable bonds is 8. The number of aliphatic hydroxyl groups excluding tert-OH is 1. The van der Waals surface area contributed by atoms with Crippen molar-refractivity contribution >= 4 is 8.32 Å². The third kappa shape index (κ3) is 7.28. The predicted octanol–water partition coefficient (Wildman–Crippen LogP) is 4.75. The van der Waals surface area contributed by atoms with Crippen LogP contribution in [0.15, 0.2) is 12.2 Å². The lowest BCUT2D eigenvalue weighted by molar-refractivity contribution is 0.136. The molecule has 0 bridgehead atoms. The Labute approximate surface area is 121 Å². The number of allylic oxidation sites excluding steroid dienone is 1. The van der Waals surface area contributed by atoms with Gasteiger partial charge in [0.25, 0.3) is 0 Å². The number of unbranched alkanes of at least 4 members (excludes halogenated alkanes) is 1. The van der Waals surface area contributed by atoms with Crippen molar-refractivity contribution < 1.29 is 9.53 Å². The van der Waals surface area contributed by atoms with E-state index in [-0.39, 0.29) is 17.7 Å². The maximum Gasteiger partial charge on any atom is 0.192 e. The molecule has 3 heteroatoms. The van der Waals surface area contributed by atoms with Gasteiger partial charge in [0.1, 0.15) is 0 Å². The highest BCUT2D eigenvalue weighted by atomic mass is 28.4. The molecule has 114 valence electrons. The van der Waals surface area contributed by atoms with Gasteiger partial charge in [-0.1, -0.05) is 59.6 Å². The Morgan fingerprint density at radius 3 is 2.21 bits per heavy atom. The topological polar surface area (TPSA) is 29.5 Å². The van der Waals surface area contributed by atoms with Crippen LogP contribution in [0.4, 0.5) is 0 Å². The van der Waals surface area contributed by atoms with E-state index >= 15 is 0 Å². The molecule has 19 heavy (non-hydrogen) atoms. The zero-order chi connectivity index (χ0) is 15.1. The van der Waals surface area contributed by atoms with Crippen molar-refractivity contribution in [2.45, 2.75) is 78.1 Å². The van der Waals surface area contributed by atoms with E-state index in [4.69, 9.17) is 4.43 Å². The van der Waals surface area contributed by atoms with Gasteiger partial charge in [0.2, 0.25) is 0 Å². The lowest BCUT2D eigenvalue weighted by Crippen LogP contribution is -2.44. The van der Waals surface area contributed by atoms with Crippen molar-refractivity contribution in [2.75, 3.05) is 6.61 Å². The summed E-state index contributed by atoms with van der Waals surface area (Å²) in [6.07, 6.45) is 7.82. The van der Waals surface area contributed by atoms with Crippen LogP contribution >= 0.6 is 0 Å². The molecular weight excluding hydrogens is 252 g/mol. The fourth-order valence-electron chi connectivity index (χ4n) is 1.63. The summed E-state index contributed by atoms with van der Waals surface area (Å²) in [4.78, 5) is 0. The van der Waals surface area contributed by atoms with Crippen LogP contribution in [0.2, 0.25) is 18.1 Å². The lowest BCUT2D eigenvalue weighted by Gasteiger charge is -2.38. The normalized spacial score (nSPS) is 16.8. The summed E-state index contributed by atoms with van der Waals surface area (Å²) in [6, 6.07) is 0. The summed E-state index contributed by atoms with van der Waals surface area (Å²) in [5, 5.41) is 9.67. The first-order valence-electron chi connectivity index (χ1n) is 7.61. The van der Waals surface area contributed by atoms with E-state index in [1.165, 1.54) is 19.3 Å². The van der Waals surface area contributed by atoms with Gasteiger partial charge < -0.3 is 9.53 Å². The van der Waals surface area contributed by atoms with Crippen molar-refractivity contribution in [1.29, 1.82) is 0 Å². The van der Waals surface area contributed by atoms with Crippen LogP contribution in [0.5, 0.6) is 0 Å². The van der Waals surface area contributed by atoms with E-state index in [0.717, 1.165) is 0 Å². The van der Waals surface area contributed by atoms with Gasteiger partial charge in [-0.05, 0) is 30.5 Å². The van der Waals surface area contributed by atoms with Crippen LogP contribution in [0.3, 0.4) is 0 Å². The molecule has 0 saturated heterocycles. The molecule has 1 N–H and O–H groups in total. The summed E-state index contributed by atoms with van der Waals surface area (Å²) in [6.45, 7) is 15.6. The van der Waals surface area contributed by atoms with Crippen LogP contribution in [0.1, 0.15) is 53.9 Å². The maximum absolute atomic E-state index is 9.49. The van der Waals surface area contributed by atoms with E-state index in [0.29, 0.717) is 5.92 Å². The third-order valence-electron chi connectivity index (χ3n) is 4.10. The third-order valence-corrected chi connectivity index (χ3v) is 8.60. The van der Waals surface area contributed by atoms with Crippen molar-refractivity contribution in [2.24, 2.45) is 5.92 Å². The maximum atomic E-state index is 9.49. The Balaban J connectivity index is 4.48. The fourth-order valence-corrected chi connectivity index (χ4v) is 2.89. The van der Waals surface area contributed by atoms with Crippen LogP contribution < -0.4 is 0 Å². The predicted molar refractivity (Wildman–Crippen MR) is 87.0 cm³/mol. The minimum absolute atomic E-state index is 0.0729. The van der Waals surface area contributed by atoms with Gasteiger partial charge in [-0.3, -0.25) is 0 Å². The minimum Gasteiger partial charge on any atom is -0.408 e. The van der Waals surface area contributed by atoms with E-state index in [2.05, 4.69) is 59.9 Å². The second-order valence-corrected chi connectivity index (χ2v) is 11.9. The molecule has 0 aromatic heterocycles. The van der Waals surface area contributed by atoms with Gasteiger partial charge in [0.15, 0.2) is 8.32 Å². The molecule has 0 radical (unpaired) electrons. The SMILES string of the molecule is CCCC[C@@H](C)/C=C/[C@@H](CO)O[Si](C)(C)C(C)(C)C. The van der Waals surface area contributed by atoms with Crippen LogP contribution in [0.25, 0.3) is 0 Å². The van der Waals surface area contributed by atoms with Crippen molar-refractivity contribution in [3.63, 3.8) is 0 Å². The quantitative estimate of drug-likeness (QED) is 0.515. The molecule has 0 spiro atoms. The number of hydrogen-bond acceptors (Lipinski definition) is 2. The molecule has 0 unspecified atom stereocenters. The van der Waals surface area contributed by atoms with Gasteiger partial charge in [-0.2, -0.15) is 0 Å². The largest absolute Gasteiger partial charge is 0.408 e. The van der Waals surface area contributed by atoms with E-state index in [9.17, 15) is 5.11 Å². The Kier molecular flexibility index (Phi) is 8.17. The standard InChI is InChI=1S/C16H34O2Si/c1-8-9-10-14(2)11-12-15(13-17)18-19(6,7)16(3,4)5/h11-12,14-15,17H,8-10,13H2,1-7H3/b12-11+/t14-,15+/m1/s1. The molecule has 2 atom stereocenters. The number of hydrogen-bond donors (Lipinski definition) is 1. The van der Waals surface area contributed by atoms with Gasteiger partial charge in [0.05, 0.1) is 12.7 Å². The smallest absolute Gasteiger partial charge is 0.192 e. The summed E-state index contributed by atoms with van der Waals surface area (Å²) < 4.78 is 6.21. The highest BCUT2D eigenvalue weighted by Crippen LogP contribution is 2.37. The highest BCUT2D eigenvalue weighted by molar-refractivity contribution is 6.74. The summed E-state index contributed by atoms with van der Waals surface area (Å²) in [5.41, 5.74) is 0. The van der Waals surface area contributed by atoms with Crippen molar-refractivity contribution in [1.82, 2.24) is 0 Å². The molecular formula is C16H34O2Si. The van der Waals surface area contributed by atoms with Gasteiger partial charge in [-0.25, -0.2) is 0 Å². The van der Waals surface area contributed by atoms with Crippen molar-refractivity contribution in [3.05, 3.63) is 12.2 Å². The second-order valence-electron chi connectivity index (χ2n) is 7.10. The van der Waals surface area contributed by atoms with E-state index in [1.807, 2.05) is 0 Å². The molecule has 0 aromatic carbocycles. The molecule has 0 heterocycles. The van der Waals surface area contributed by atoms with Crippen LogP contribution in [-0.2, 0) is 4.43 Å². The average Bonchev–Trinajstić information content (AvgIpc) is 2.30. The fraction of sp³-hybridized carbons (Fsp3) is 0.875. The first-order chi connectivity index (χ1) is 8.64. The minimum atomic E-state index is -1.80. The average molecular weight is 287 g/mol. The first-order valence-corrected chi connectivity index (χ1v) is 10.5. The molecule has 0 rings (SSSR count). The van der Waals surface area contributed by atoms with Gasteiger partial charge in [0, 0.05) is 0 Å². The molecule has 0 amide bonds. The zero-order valence-electron chi connectivity index (χ0n) is 14.0. The van der Waals surface area contributed by atoms with Gasteiger partial charge in [-0.15, -0.1) is 0 Å².